The lowest BCUT2D eigenvalue weighted by molar-refractivity contribution is 0.341. The number of rotatable bonds is 6. The number of hydrogen-bond donors (Lipinski definition) is 1. The summed E-state index contributed by atoms with van der Waals surface area (Å²) >= 11 is 7.36. The van der Waals surface area contributed by atoms with Crippen molar-refractivity contribution < 1.29 is 8.42 Å². The molecule has 5 nitrogen and oxygen atoms in total. The van der Waals surface area contributed by atoms with Crippen LogP contribution in [0, 0.1) is 0 Å². The molecule has 0 saturated carbocycles. The van der Waals surface area contributed by atoms with Crippen LogP contribution in [0.5, 0.6) is 0 Å². The lowest BCUT2D eigenvalue weighted by atomic mass is 9.91. The van der Waals surface area contributed by atoms with E-state index in [9.17, 15) is 8.42 Å². The summed E-state index contributed by atoms with van der Waals surface area (Å²) < 4.78 is 29.7. The van der Waals surface area contributed by atoms with Crippen LogP contribution in [0.2, 0.25) is 5.15 Å². The zero-order valence-electron chi connectivity index (χ0n) is 11.7. The van der Waals surface area contributed by atoms with Crippen LogP contribution < -0.4 is 4.72 Å². The number of imidazole rings is 1. The van der Waals surface area contributed by atoms with E-state index in [0.717, 1.165) is 19.3 Å². The fraction of sp³-hybridized carbons (Fsp3) is 0.583. The smallest absolute Gasteiger partial charge is 0.260 e. The SMILES string of the molecule is CCC(CC)(CC)NS(=O)(=O)c1c(Cl)nc2sccn12. The first kappa shape index (κ1) is 15.8. The van der Waals surface area contributed by atoms with Gasteiger partial charge in [0.2, 0.25) is 0 Å². The van der Waals surface area contributed by atoms with Crippen LogP contribution >= 0.6 is 22.9 Å². The molecule has 8 heteroatoms. The number of fused-ring (bicyclic) bond motifs is 1. The van der Waals surface area contributed by atoms with Gasteiger partial charge in [-0.05, 0) is 19.3 Å². The zero-order chi connectivity index (χ0) is 15.0. The molecule has 20 heavy (non-hydrogen) atoms. The Kier molecular flexibility index (Phi) is 4.44. The molecule has 2 rings (SSSR count). The van der Waals surface area contributed by atoms with Gasteiger partial charge >= 0.3 is 0 Å². The Hall–Kier alpha value is -0.630. The molecule has 0 aliphatic heterocycles. The molecule has 0 fully saturated rings. The summed E-state index contributed by atoms with van der Waals surface area (Å²) in [4.78, 5) is 4.65. The van der Waals surface area contributed by atoms with E-state index in [2.05, 4.69) is 9.71 Å². The van der Waals surface area contributed by atoms with Gasteiger partial charge in [0, 0.05) is 17.1 Å². The molecule has 0 aliphatic carbocycles. The van der Waals surface area contributed by atoms with Gasteiger partial charge in [-0.15, -0.1) is 11.3 Å². The molecule has 1 N–H and O–H groups in total. The van der Waals surface area contributed by atoms with Crippen LogP contribution in [0.15, 0.2) is 16.6 Å². The monoisotopic (exact) mass is 335 g/mol. The Balaban J connectivity index is 2.50. The fourth-order valence-corrected chi connectivity index (χ4v) is 5.35. The van der Waals surface area contributed by atoms with Gasteiger partial charge in [0.25, 0.3) is 10.0 Å². The quantitative estimate of drug-likeness (QED) is 0.881. The van der Waals surface area contributed by atoms with Crippen molar-refractivity contribution in [3.05, 3.63) is 16.7 Å². The standard InChI is InChI=1S/C12H18ClN3O2S2/c1-4-12(5-2,6-3)15-20(17,18)10-9(13)14-11-16(10)7-8-19-11/h7-8,15H,4-6H2,1-3H3. The van der Waals surface area contributed by atoms with Crippen molar-refractivity contribution in [2.75, 3.05) is 0 Å². The molecule has 0 radical (unpaired) electrons. The minimum atomic E-state index is -3.71. The molecular formula is C12H18ClN3O2S2. The van der Waals surface area contributed by atoms with Gasteiger partial charge in [-0.1, -0.05) is 32.4 Å². The zero-order valence-corrected chi connectivity index (χ0v) is 14.1. The molecule has 0 aliphatic rings. The van der Waals surface area contributed by atoms with E-state index in [-0.39, 0.29) is 10.2 Å². The summed E-state index contributed by atoms with van der Waals surface area (Å²) in [6.45, 7) is 5.94. The first-order chi connectivity index (χ1) is 9.39. The van der Waals surface area contributed by atoms with Gasteiger partial charge in [-0.25, -0.2) is 18.1 Å². The van der Waals surface area contributed by atoms with Crippen LogP contribution in [0.1, 0.15) is 40.0 Å². The van der Waals surface area contributed by atoms with Gasteiger partial charge in [0.1, 0.15) is 0 Å². The Bertz CT molecular complexity index is 693. The molecule has 2 heterocycles. The van der Waals surface area contributed by atoms with Crippen molar-refractivity contribution in [2.24, 2.45) is 0 Å². The number of halogens is 1. The summed E-state index contributed by atoms with van der Waals surface area (Å²) in [6, 6.07) is 0. The molecule has 0 bridgehead atoms. The fourth-order valence-electron chi connectivity index (χ4n) is 2.28. The maximum Gasteiger partial charge on any atom is 0.260 e. The summed E-state index contributed by atoms with van der Waals surface area (Å²) in [5.74, 6) is 0. The summed E-state index contributed by atoms with van der Waals surface area (Å²) in [5.41, 5.74) is -0.442. The average molecular weight is 336 g/mol. The molecule has 2 aromatic rings. The Morgan fingerprint density at radius 3 is 2.50 bits per heavy atom. The second kappa shape index (κ2) is 5.63. The average Bonchev–Trinajstić information content (AvgIpc) is 2.95. The largest absolute Gasteiger partial charge is 0.279 e. The van der Waals surface area contributed by atoms with Crippen LogP contribution in [-0.4, -0.2) is 23.3 Å². The first-order valence-corrected chi connectivity index (χ1v) is 9.28. The lowest BCUT2D eigenvalue weighted by Gasteiger charge is -2.31. The first-order valence-electron chi connectivity index (χ1n) is 6.54. The van der Waals surface area contributed by atoms with E-state index in [0.29, 0.717) is 4.96 Å². The van der Waals surface area contributed by atoms with Gasteiger partial charge < -0.3 is 0 Å². The number of sulfonamides is 1. The molecular weight excluding hydrogens is 318 g/mol. The van der Waals surface area contributed by atoms with E-state index in [1.165, 1.54) is 15.7 Å². The normalized spacial score (nSPS) is 13.2. The number of nitrogens with zero attached hydrogens (tertiary/aromatic N) is 2. The number of thiazole rings is 1. The predicted molar refractivity (Wildman–Crippen MR) is 82.0 cm³/mol. The van der Waals surface area contributed by atoms with Crippen molar-refractivity contribution in [3.8, 4) is 0 Å². The highest BCUT2D eigenvalue weighted by molar-refractivity contribution is 7.89. The lowest BCUT2D eigenvalue weighted by Crippen LogP contribution is -2.47. The van der Waals surface area contributed by atoms with Crippen molar-refractivity contribution in [1.29, 1.82) is 0 Å². The predicted octanol–water partition coefficient (Wildman–Crippen LogP) is 3.30. The summed E-state index contributed by atoms with van der Waals surface area (Å²) in [5, 5.41) is 1.82. The maximum absolute atomic E-state index is 12.7. The summed E-state index contributed by atoms with van der Waals surface area (Å²) in [6.07, 6.45) is 3.84. The summed E-state index contributed by atoms with van der Waals surface area (Å²) in [7, 11) is -3.71. The van der Waals surface area contributed by atoms with E-state index in [4.69, 9.17) is 11.6 Å². The highest BCUT2D eigenvalue weighted by Crippen LogP contribution is 2.28. The number of aromatic nitrogens is 2. The van der Waals surface area contributed by atoms with Crippen molar-refractivity contribution in [2.45, 2.75) is 50.6 Å². The van der Waals surface area contributed by atoms with Gasteiger partial charge in [0.05, 0.1) is 0 Å². The molecule has 0 aromatic carbocycles. The van der Waals surface area contributed by atoms with Crippen molar-refractivity contribution in [1.82, 2.24) is 14.1 Å². The molecule has 0 atom stereocenters. The molecule has 112 valence electrons. The van der Waals surface area contributed by atoms with Gasteiger partial charge in [0.15, 0.2) is 15.1 Å². The molecule has 0 unspecified atom stereocenters. The topological polar surface area (TPSA) is 63.5 Å². The number of hydrogen-bond acceptors (Lipinski definition) is 4. The molecule has 0 amide bonds. The molecule has 2 aromatic heterocycles. The second-order valence-corrected chi connectivity index (χ2v) is 7.54. The van der Waals surface area contributed by atoms with Gasteiger partial charge in [-0.3, -0.25) is 4.40 Å². The van der Waals surface area contributed by atoms with E-state index in [1.807, 2.05) is 20.8 Å². The second-order valence-electron chi connectivity index (χ2n) is 4.71. The highest BCUT2D eigenvalue weighted by Gasteiger charge is 2.34. The minimum Gasteiger partial charge on any atom is -0.279 e. The van der Waals surface area contributed by atoms with Crippen LogP contribution in [-0.2, 0) is 10.0 Å². The van der Waals surface area contributed by atoms with E-state index >= 15 is 0 Å². The van der Waals surface area contributed by atoms with Gasteiger partial charge in [-0.2, -0.15) is 0 Å². The third-order valence-corrected chi connectivity index (χ3v) is 6.55. The van der Waals surface area contributed by atoms with Crippen molar-refractivity contribution >= 4 is 37.9 Å². The third kappa shape index (κ3) is 2.59. The maximum atomic E-state index is 12.7. The van der Waals surface area contributed by atoms with Crippen molar-refractivity contribution in [3.63, 3.8) is 0 Å². The van der Waals surface area contributed by atoms with Crippen LogP contribution in [0.4, 0.5) is 0 Å². The van der Waals surface area contributed by atoms with Crippen LogP contribution in [0.25, 0.3) is 4.96 Å². The van der Waals surface area contributed by atoms with E-state index < -0.39 is 15.6 Å². The number of nitrogens with one attached hydrogen (secondary N) is 1. The van der Waals surface area contributed by atoms with E-state index in [1.54, 1.807) is 11.6 Å². The molecule has 0 spiro atoms. The van der Waals surface area contributed by atoms with Crippen LogP contribution in [0.3, 0.4) is 0 Å². The minimum absolute atomic E-state index is 0.0153. The Labute approximate surface area is 128 Å². The Morgan fingerprint density at radius 2 is 1.95 bits per heavy atom. The molecule has 0 saturated heterocycles. The Morgan fingerprint density at radius 1 is 1.35 bits per heavy atom. The highest BCUT2D eigenvalue weighted by atomic mass is 35.5. The third-order valence-electron chi connectivity index (χ3n) is 3.81.